The maximum absolute atomic E-state index is 13.2. The fraction of sp³-hybridized carbons (Fsp3) is 0.483. The second-order valence-corrected chi connectivity index (χ2v) is 12.6. The Labute approximate surface area is 257 Å². The number of aromatic nitrogens is 4. The molecule has 3 aromatic rings. The largest absolute Gasteiger partial charge is 0.493 e. The summed E-state index contributed by atoms with van der Waals surface area (Å²) < 4.78 is 12.5. The first kappa shape index (κ1) is 30.0. The summed E-state index contributed by atoms with van der Waals surface area (Å²) in [6, 6.07) is 5.24. The van der Waals surface area contributed by atoms with Crippen molar-refractivity contribution in [3.05, 3.63) is 62.4 Å². The van der Waals surface area contributed by atoms with Crippen LogP contribution in [0.4, 0.5) is 5.82 Å². The number of hydrogen-bond acceptors (Lipinski definition) is 12. The second-order valence-electron chi connectivity index (χ2n) is 11.2. The minimum Gasteiger partial charge on any atom is -0.493 e. The molecule has 3 aliphatic heterocycles. The average Bonchev–Trinajstić information content (AvgIpc) is 3.28. The Balaban J connectivity index is 1.17. The van der Waals surface area contributed by atoms with Gasteiger partial charge in [-0.25, -0.2) is 9.97 Å². The zero-order valence-corrected chi connectivity index (χ0v) is 25.2. The number of benzene rings is 1. The number of nitrogens with zero attached hydrogens (tertiary/aromatic N) is 5. The highest BCUT2D eigenvalue weighted by molar-refractivity contribution is 7.99. The predicted octanol–water partition coefficient (Wildman–Crippen LogP) is 2.32. The molecule has 3 aliphatic rings. The predicted molar refractivity (Wildman–Crippen MR) is 159 cm³/mol. The van der Waals surface area contributed by atoms with Crippen molar-refractivity contribution in [1.29, 1.82) is 0 Å². The van der Waals surface area contributed by atoms with Crippen molar-refractivity contribution in [2.24, 2.45) is 11.1 Å². The van der Waals surface area contributed by atoms with Gasteiger partial charge in [0.05, 0.1) is 43.7 Å². The average molecular weight is 629 g/mol. The Bertz CT molecular complexity index is 1610. The van der Waals surface area contributed by atoms with Gasteiger partial charge < -0.3 is 30.3 Å². The molecule has 43 heavy (non-hydrogen) atoms. The van der Waals surface area contributed by atoms with Crippen LogP contribution in [-0.2, 0) is 35.7 Å². The molecule has 2 atom stereocenters. The third kappa shape index (κ3) is 5.65. The Morgan fingerprint density at radius 2 is 2.05 bits per heavy atom. The molecule has 12 nitrogen and oxygen atoms in total. The third-order valence-corrected chi connectivity index (χ3v) is 10.2. The van der Waals surface area contributed by atoms with Gasteiger partial charge in [-0.15, -0.1) is 0 Å². The van der Waals surface area contributed by atoms with E-state index in [0.29, 0.717) is 45.2 Å². The topological polar surface area (TPSA) is 166 Å². The van der Waals surface area contributed by atoms with Crippen molar-refractivity contribution in [1.82, 2.24) is 19.5 Å². The molecule has 0 bridgehead atoms. The van der Waals surface area contributed by atoms with E-state index in [1.165, 1.54) is 16.3 Å². The summed E-state index contributed by atoms with van der Waals surface area (Å²) in [7, 11) is 0. The number of carbonyl (C=O) groups is 1. The zero-order chi connectivity index (χ0) is 30.3. The molecule has 2 fully saturated rings. The van der Waals surface area contributed by atoms with Crippen LogP contribution >= 0.6 is 23.4 Å². The van der Waals surface area contributed by atoms with Crippen LogP contribution in [-0.4, -0.2) is 74.0 Å². The summed E-state index contributed by atoms with van der Waals surface area (Å²) in [5.74, 6) is -0.278. The number of Topliss-reactive ketones (excluding diaryl/α,β-unsaturated/α-hetero) is 1. The third-order valence-electron chi connectivity index (χ3n) is 8.66. The van der Waals surface area contributed by atoms with E-state index in [-0.39, 0.29) is 55.1 Å². The number of anilines is 1. The molecule has 14 heteroatoms. The van der Waals surface area contributed by atoms with Gasteiger partial charge >= 0.3 is 0 Å². The fourth-order valence-corrected chi connectivity index (χ4v) is 7.26. The molecule has 228 valence electrons. The number of aliphatic hydroxyl groups is 1. The van der Waals surface area contributed by atoms with Gasteiger partial charge in [-0.1, -0.05) is 35.5 Å². The standard InChI is InChI=1S/C29H33ClN6O6S/c1-16-25(31)29(15-42-16)5-7-35(8-6-29)26-18(13-37)33-22(12-32-26)43-20-4-2-3-17(24(20)30)11-19(38)23-27(39)34-21-14-41-10-9-36(21)28(23)40/h2-4,12,16,25,37,39H,5-11,13-15,31H2,1H3/t16-,25+/m0/s1. The first-order valence-electron chi connectivity index (χ1n) is 14.2. The number of aromatic hydroxyl groups is 1. The van der Waals surface area contributed by atoms with Crippen LogP contribution in [0.2, 0.25) is 5.02 Å². The van der Waals surface area contributed by atoms with Crippen LogP contribution in [0.5, 0.6) is 5.88 Å². The van der Waals surface area contributed by atoms with Gasteiger partial charge in [0.2, 0.25) is 5.88 Å². The fourth-order valence-electron chi connectivity index (χ4n) is 6.09. The summed E-state index contributed by atoms with van der Waals surface area (Å²) >= 11 is 7.97. The number of rotatable bonds is 7. The first-order chi connectivity index (χ1) is 20.7. The van der Waals surface area contributed by atoms with Crippen LogP contribution in [0.3, 0.4) is 0 Å². The van der Waals surface area contributed by atoms with Gasteiger partial charge in [0, 0.05) is 35.9 Å². The Kier molecular flexibility index (Phi) is 8.46. The Morgan fingerprint density at radius 1 is 1.26 bits per heavy atom. The second kappa shape index (κ2) is 12.1. The molecule has 1 spiro atoms. The lowest BCUT2D eigenvalue weighted by Crippen LogP contribution is -2.51. The van der Waals surface area contributed by atoms with Crippen molar-refractivity contribution >= 4 is 35.0 Å². The number of fused-ring (bicyclic) bond motifs is 1. The molecule has 2 aromatic heterocycles. The van der Waals surface area contributed by atoms with Gasteiger partial charge in [0.1, 0.15) is 28.7 Å². The van der Waals surface area contributed by atoms with E-state index in [1.807, 2.05) is 6.92 Å². The van der Waals surface area contributed by atoms with E-state index in [1.54, 1.807) is 24.4 Å². The number of ether oxygens (including phenoxy) is 2. The quantitative estimate of drug-likeness (QED) is 0.327. The Morgan fingerprint density at radius 3 is 2.77 bits per heavy atom. The molecule has 6 rings (SSSR count). The Hall–Kier alpha value is -3.07. The van der Waals surface area contributed by atoms with Crippen molar-refractivity contribution in [3.8, 4) is 5.88 Å². The van der Waals surface area contributed by atoms with E-state index in [2.05, 4.69) is 19.9 Å². The lowest BCUT2D eigenvalue weighted by atomic mass is 9.73. The van der Waals surface area contributed by atoms with Gasteiger partial charge in [-0.3, -0.25) is 14.2 Å². The lowest BCUT2D eigenvalue weighted by Gasteiger charge is -2.41. The number of carbonyl (C=O) groups excluding carboxylic acids is 1. The number of nitrogens with two attached hydrogens (primary N) is 1. The molecule has 4 N–H and O–H groups in total. The highest BCUT2D eigenvalue weighted by atomic mass is 35.5. The summed E-state index contributed by atoms with van der Waals surface area (Å²) in [5.41, 5.74) is 6.42. The van der Waals surface area contributed by atoms with Crippen LogP contribution in [0.15, 0.2) is 39.1 Å². The molecule has 2 saturated heterocycles. The maximum atomic E-state index is 13.2. The smallest absolute Gasteiger partial charge is 0.268 e. The molecule has 5 heterocycles. The monoisotopic (exact) mass is 628 g/mol. The van der Waals surface area contributed by atoms with Gasteiger partial charge in [-0.2, -0.15) is 4.98 Å². The highest BCUT2D eigenvalue weighted by Crippen LogP contribution is 2.42. The lowest BCUT2D eigenvalue weighted by molar-refractivity contribution is 0.0765. The van der Waals surface area contributed by atoms with Crippen LogP contribution in [0.1, 0.15) is 47.2 Å². The van der Waals surface area contributed by atoms with Crippen molar-refractivity contribution < 1.29 is 24.5 Å². The van der Waals surface area contributed by atoms with Crippen molar-refractivity contribution in [2.45, 2.75) is 68.0 Å². The van der Waals surface area contributed by atoms with Crippen molar-refractivity contribution in [3.63, 3.8) is 0 Å². The first-order valence-corrected chi connectivity index (χ1v) is 15.4. The molecule has 0 amide bonds. The highest BCUT2D eigenvalue weighted by Gasteiger charge is 2.47. The molecule has 0 unspecified atom stereocenters. The summed E-state index contributed by atoms with van der Waals surface area (Å²) in [4.78, 5) is 42.2. The molecule has 0 saturated carbocycles. The normalized spacial score (nSPS) is 21.3. The van der Waals surface area contributed by atoms with Crippen LogP contribution < -0.4 is 16.2 Å². The van der Waals surface area contributed by atoms with E-state index >= 15 is 0 Å². The molecule has 0 aliphatic carbocycles. The van der Waals surface area contributed by atoms with Crippen molar-refractivity contribution in [2.75, 3.05) is 31.2 Å². The van der Waals surface area contributed by atoms with Crippen LogP contribution in [0, 0.1) is 5.41 Å². The SMILES string of the molecule is C[C@@H]1OCC2(CCN(c3ncc(Sc4cccc(CC(=O)c5c(O)nc6n(c5=O)CCOC6)c4Cl)nc3CO)CC2)[C@@H]1N. The maximum Gasteiger partial charge on any atom is 0.268 e. The number of piperidine rings is 1. The molecular formula is C29H33ClN6O6S. The summed E-state index contributed by atoms with van der Waals surface area (Å²) in [6.45, 7) is 4.56. The summed E-state index contributed by atoms with van der Waals surface area (Å²) in [5, 5.41) is 21.4. The minimum atomic E-state index is -0.613. The van der Waals surface area contributed by atoms with E-state index in [0.717, 1.165) is 25.9 Å². The number of hydrogen-bond donors (Lipinski definition) is 3. The van der Waals surface area contributed by atoms with Gasteiger partial charge in [0.25, 0.3) is 5.56 Å². The number of aliphatic hydroxyl groups excluding tert-OH is 1. The zero-order valence-electron chi connectivity index (χ0n) is 23.7. The minimum absolute atomic E-state index is 0.00401. The summed E-state index contributed by atoms with van der Waals surface area (Å²) in [6.07, 6.45) is 3.24. The van der Waals surface area contributed by atoms with Gasteiger partial charge in [-0.05, 0) is 31.4 Å². The van der Waals surface area contributed by atoms with Crippen LogP contribution in [0.25, 0.3) is 0 Å². The number of halogens is 1. The number of ketones is 1. The van der Waals surface area contributed by atoms with Gasteiger partial charge in [0.15, 0.2) is 11.6 Å². The molecular weight excluding hydrogens is 596 g/mol. The van der Waals surface area contributed by atoms with E-state index < -0.39 is 17.2 Å². The molecule has 1 aromatic carbocycles. The van der Waals surface area contributed by atoms with E-state index in [4.69, 9.17) is 26.8 Å². The molecule has 0 radical (unpaired) electrons. The van der Waals surface area contributed by atoms with E-state index in [9.17, 15) is 19.8 Å².